The molecule has 1 aromatic carbocycles. The molecule has 0 spiro atoms. The van der Waals surface area contributed by atoms with Gasteiger partial charge >= 0.3 is 0 Å². The average Bonchev–Trinajstić information content (AvgIpc) is 2.29. The van der Waals surface area contributed by atoms with E-state index >= 15 is 0 Å². The number of ether oxygens (including phenoxy) is 2. The third kappa shape index (κ3) is 3.95. The van der Waals surface area contributed by atoms with E-state index in [0.717, 1.165) is 16.7 Å². The summed E-state index contributed by atoms with van der Waals surface area (Å²) in [5.74, 6) is 0.0294. The van der Waals surface area contributed by atoms with Crippen LogP contribution >= 0.6 is 0 Å². The Kier molecular flexibility index (Phi) is 5.32. The van der Waals surface area contributed by atoms with Gasteiger partial charge in [0.15, 0.2) is 5.78 Å². The minimum absolute atomic E-state index is 0.0294. The number of hydrogen-bond acceptors (Lipinski definition) is 3. The van der Waals surface area contributed by atoms with Gasteiger partial charge in [-0.15, -0.1) is 0 Å². The Balaban J connectivity index is 2.66. The Labute approximate surface area is 103 Å². The summed E-state index contributed by atoms with van der Waals surface area (Å²) in [5.41, 5.74) is 4.11. The SMILES string of the molecule is COCCOCC(=O)c1cc(C)c(C)cc1C. The molecular weight excluding hydrogens is 216 g/mol. The zero-order valence-electron chi connectivity index (χ0n) is 11.0. The highest BCUT2D eigenvalue weighted by Gasteiger charge is 2.10. The number of carbonyl (C=O) groups is 1. The van der Waals surface area contributed by atoms with Crippen molar-refractivity contribution in [2.45, 2.75) is 20.8 Å². The standard InChI is InChI=1S/C14H20O3/c1-10-7-12(3)13(8-11(10)2)14(15)9-17-6-5-16-4/h7-8H,5-6,9H2,1-4H3. The lowest BCUT2D eigenvalue weighted by atomic mass is 9.98. The number of carbonyl (C=O) groups excluding carboxylic acids is 1. The zero-order valence-corrected chi connectivity index (χ0v) is 11.0. The van der Waals surface area contributed by atoms with E-state index in [1.165, 1.54) is 5.56 Å². The highest BCUT2D eigenvalue weighted by molar-refractivity contribution is 5.98. The van der Waals surface area contributed by atoms with E-state index in [2.05, 4.69) is 0 Å². The van der Waals surface area contributed by atoms with Crippen LogP contribution in [0.2, 0.25) is 0 Å². The number of ketones is 1. The van der Waals surface area contributed by atoms with Crippen molar-refractivity contribution in [3.63, 3.8) is 0 Å². The van der Waals surface area contributed by atoms with E-state index in [4.69, 9.17) is 9.47 Å². The maximum absolute atomic E-state index is 11.9. The third-order valence-electron chi connectivity index (χ3n) is 2.81. The fraction of sp³-hybridized carbons (Fsp3) is 0.500. The van der Waals surface area contributed by atoms with Crippen molar-refractivity contribution >= 4 is 5.78 Å². The molecule has 17 heavy (non-hydrogen) atoms. The molecule has 94 valence electrons. The van der Waals surface area contributed by atoms with Crippen molar-refractivity contribution in [2.75, 3.05) is 26.9 Å². The van der Waals surface area contributed by atoms with Crippen molar-refractivity contribution in [3.8, 4) is 0 Å². The minimum atomic E-state index is 0.0294. The van der Waals surface area contributed by atoms with Crippen LogP contribution in [-0.4, -0.2) is 32.7 Å². The van der Waals surface area contributed by atoms with Crippen molar-refractivity contribution in [1.82, 2.24) is 0 Å². The van der Waals surface area contributed by atoms with Crippen LogP contribution in [-0.2, 0) is 9.47 Å². The summed E-state index contributed by atoms with van der Waals surface area (Å²) in [7, 11) is 1.61. The summed E-state index contributed by atoms with van der Waals surface area (Å²) in [4.78, 5) is 11.9. The van der Waals surface area contributed by atoms with E-state index in [1.54, 1.807) is 7.11 Å². The van der Waals surface area contributed by atoms with Gasteiger partial charge in [0.1, 0.15) is 6.61 Å². The van der Waals surface area contributed by atoms with Crippen molar-refractivity contribution in [2.24, 2.45) is 0 Å². The maximum Gasteiger partial charge on any atom is 0.188 e. The molecule has 0 bridgehead atoms. The molecule has 0 N–H and O–H groups in total. The Morgan fingerprint density at radius 1 is 1.06 bits per heavy atom. The second-order valence-corrected chi connectivity index (χ2v) is 4.22. The molecule has 0 unspecified atom stereocenters. The van der Waals surface area contributed by atoms with Gasteiger partial charge in [0.25, 0.3) is 0 Å². The lowest BCUT2D eigenvalue weighted by Crippen LogP contribution is -2.13. The molecule has 0 saturated heterocycles. The quantitative estimate of drug-likeness (QED) is 0.562. The molecule has 3 heteroatoms. The number of aryl methyl sites for hydroxylation is 3. The van der Waals surface area contributed by atoms with Gasteiger partial charge in [-0.05, 0) is 43.5 Å². The van der Waals surface area contributed by atoms with Crippen LogP contribution in [0.1, 0.15) is 27.0 Å². The van der Waals surface area contributed by atoms with Crippen LogP contribution in [0.15, 0.2) is 12.1 Å². The first-order valence-electron chi connectivity index (χ1n) is 5.74. The van der Waals surface area contributed by atoms with Crippen LogP contribution < -0.4 is 0 Å². The van der Waals surface area contributed by atoms with Gasteiger partial charge in [0.2, 0.25) is 0 Å². The van der Waals surface area contributed by atoms with E-state index in [1.807, 2.05) is 32.9 Å². The van der Waals surface area contributed by atoms with Crippen LogP contribution in [0, 0.1) is 20.8 Å². The molecule has 0 aliphatic carbocycles. The minimum Gasteiger partial charge on any atom is -0.382 e. The number of hydrogen-bond donors (Lipinski definition) is 0. The molecule has 0 aromatic heterocycles. The van der Waals surface area contributed by atoms with E-state index in [0.29, 0.717) is 13.2 Å². The summed E-state index contributed by atoms with van der Waals surface area (Å²) in [6.07, 6.45) is 0. The second kappa shape index (κ2) is 6.52. The van der Waals surface area contributed by atoms with Crippen LogP contribution in [0.4, 0.5) is 0 Å². The first kappa shape index (κ1) is 13.9. The number of Topliss-reactive ketones (excluding diaryl/α,β-unsaturated/α-hetero) is 1. The summed E-state index contributed by atoms with van der Waals surface area (Å²) in [6, 6.07) is 3.98. The summed E-state index contributed by atoms with van der Waals surface area (Å²) < 4.78 is 10.1. The third-order valence-corrected chi connectivity index (χ3v) is 2.81. The monoisotopic (exact) mass is 236 g/mol. The molecule has 1 aromatic rings. The maximum atomic E-state index is 11.9. The van der Waals surface area contributed by atoms with Crippen LogP contribution in [0.25, 0.3) is 0 Å². The van der Waals surface area contributed by atoms with Gasteiger partial charge in [0.05, 0.1) is 13.2 Å². The fourth-order valence-electron chi connectivity index (χ4n) is 1.65. The molecule has 0 saturated carbocycles. The highest BCUT2D eigenvalue weighted by atomic mass is 16.5. The first-order chi connectivity index (χ1) is 8.06. The van der Waals surface area contributed by atoms with Crippen molar-refractivity contribution in [3.05, 3.63) is 34.4 Å². The predicted molar refractivity (Wildman–Crippen MR) is 67.7 cm³/mol. The van der Waals surface area contributed by atoms with Crippen molar-refractivity contribution < 1.29 is 14.3 Å². The molecule has 0 fully saturated rings. The Morgan fingerprint density at radius 2 is 1.71 bits per heavy atom. The molecule has 0 radical (unpaired) electrons. The van der Waals surface area contributed by atoms with Gasteiger partial charge in [0, 0.05) is 12.7 Å². The fourth-order valence-corrected chi connectivity index (χ4v) is 1.65. The Hall–Kier alpha value is -1.19. The van der Waals surface area contributed by atoms with E-state index < -0.39 is 0 Å². The van der Waals surface area contributed by atoms with E-state index in [-0.39, 0.29) is 12.4 Å². The summed E-state index contributed by atoms with van der Waals surface area (Å²) >= 11 is 0. The van der Waals surface area contributed by atoms with Gasteiger partial charge in [-0.3, -0.25) is 4.79 Å². The first-order valence-corrected chi connectivity index (χ1v) is 5.74. The molecule has 0 aliphatic heterocycles. The number of methoxy groups -OCH3 is 1. The summed E-state index contributed by atoms with van der Waals surface area (Å²) in [6.45, 7) is 7.09. The average molecular weight is 236 g/mol. The van der Waals surface area contributed by atoms with Gasteiger partial charge < -0.3 is 9.47 Å². The normalized spacial score (nSPS) is 10.6. The zero-order chi connectivity index (χ0) is 12.8. The van der Waals surface area contributed by atoms with Crippen LogP contribution in [0.5, 0.6) is 0 Å². The Bertz CT molecular complexity index is 397. The molecule has 0 atom stereocenters. The molecule has 0 amide bonds. The predicted octanol–water partition coefficient (Wildman–Crippen LogP) is 2.46. The molecule has 1 rings (SSSR count). The second-order valence-electron chi connectivity index (χ2n) is 4.22. The largest absolute Gasteiger partial charge is 0.382 e. The lowest BCUT2D eigenvalue weighted by Gasteiger charge is -2.09. The topological polar surface area (TPSA) is 35.5 Å². The highest BCUT2D eigenvalue weighted by Crippen LogP contribution is 2.15. The van der Waals surface area contributed by atoms with E-state index in [9.17, 15) is 4.79 Å². The van der Waals surface area contributed by atoms with Gasteiger partial charge in [-0.25, -0.2) is 0 Å². The lowest BCUT2D eigenvalue weighted by molar-refractivity contribution is 0.0576. The van der Waals surface area contributed by atoms with Crippen LogP contribution in [0.3, 0.4) is 0 Å². The number of benzene rings is 1. The smallest absolute Gasteiger partial charge is 0.188 e. The molecule has 0 heterocycles. The van der Waals surface area contributed by atoms with Gasteiger partial charge in [-0.2, -0.15) is 0 Å². The van der Waals surface area contributed by atoms with Crippen molar-refractivity contribution in [1.29, 1.82) is 0 Å². The Morgan fingerprint density at radius 3 is 2.35 bits per heavy atom. The van der Waals surface area contributed by atoms with Gasteiger partial charge in [-0.1, -0.05) is 6.07 Å². The number of rotatable bonds is 6. The molecule has 3 nitrogen and oxygen atoms in total. The summed E-state index contributed by atoms with van der Waals surface area (Å²) in [5, 5.41) is 0. The molecular formula is C14H20O3. The molecule has 0 aliphatic rings.